The van der Waals surface area contributed by atoms with E-state index in [-0.39, 0.29) is 5.76 Å². The van der Waals surface area contributed by atoms with Gasteiger partial charge in [0.2, 0.25) is 0 Å². The predicted molar refractivity (Wildman–Crippen MR) is 75.1 cm³/mol. The summed E-state index contributed by atoms with van der Waals surface area (Å²) in [6, 6.07) is 7.39. The molecule has 0 saturated carbocycles. The normalized spacial score (nSPS) is 12.6. The standard InChI is InChI=1S/C14H21NO4/c1-15(2)12-5-3-11(4-6-12)7-13(19)14(8-16,9-17)10-18/h3-7,16-19H,8-10H2,1-2H3. The maximum Gasteiger partial charge on any atom is 0.106 e. The molecule has 0 bridgehead atoms. The van der Waals surface area contributed by atoms with Crippen LogP contribution in [0.2, 0.25) is 0 Å². The molecule has 0 spiro atoms. The van der Waals surface area contributed by atoms with Crippen molar-refractivity contribution in [3.63, 3.8) is 0 Å². The van der Waals surface area contributed by atoms with Gasteiger partial charge in [-0.15, -0.1) is 0 Å². The average Bonchev–Trinajstić information content (AvgIpc) is 2.42. The van der Waals surface area contributed by atoms with Gasteiger partial charge in [-0.3, -0.25) is 0 Å². The molecule has 1 aromatic carbocycles. The van der Waals surface area contributed by atoms with Crippen LogP contribution in [0.25, 0.3) is 6.08 Å². The topological polar surface area (TPSA) is 84.2 Å². The SMILES string of the molecule is CN(C)c1ccc(C=C(O)C(CO)(CO)CO)cc1. The van der Waals surface area contributed by atoms with Gasteiger partial charge in [0, 0.05) is 19.8 Å². The molecule has 0 amide bonds. The quantitative estimate of drug-likeness (QED) is 0.568. The largest absolute Gasteiger partial charge is 0.511 e. The molecule has 0 fully saturated rings. The predicted octanol–water partition coefficient (Wildman–Crippen LogP) is 0.615. The molecule has 5 heteroatoms. The summed E-state index contributed by atoms with van der Waals surface area (Å²) in [6.07, 6.45) is 1.43. The number of rotatable bonds is 6. The summed E-state index contributed by atoms with van der Waals surface area (Å²) in [7, 11) is 3.85. The van der Waals surface area contributed by atoms with Crippen LogP contribution in [0, 0.1) is 5.41 Å². The lowest BCUT2D eigenvalue weighted by Gasteiger charge is -2.26. The summed E-state index contributed by atoms with van der Waals surface area (Å²) >= 11 is 0. The smallest absolute Gasteiger partial charge is 0.106 e. The summed E-state index contributed by atoms with van der Waals surface area (Å²) in [5, 5.41) is 37.6. The van der Waals surface area contributed by atoms with E-state index in [1.807, 2.05) is 43.3 Å². The van der Waals surface area contributed by atoms with Gasteiger partial charge in [0.15, 0.2) is 0 Å². The molecule has 0 aromatic heterocycles. The fourth-order valence-electron chi connectivity index (χ4n) is 1.57. The first kappa shape index (κ1) is 15.5. The third-order valence-corrected chi connectivity index (χ3v) is 3.16. The van der Waals surface area contributed by atoms with Gasteiger partial charge in [-0.25, -0.2) is 0 Å². The number of anilines is 1. The van der Waals surface area contributed by atoms with Crippen molar-refractivity contribution >= 4 is 11.8 Å². The number of aliphatic hydroxyl groups is 4. The molecule has 0 saturated heterocycles. The van der Waals surface area contributed by atoms with Crippen molar-refractivity contribution in [2.24, 2.45) is 5.41 Å². The van der Waals surface area contributed by atoms with Gasteiger partial charge in [-0.05, 0) is 23.8 Å². The van der Waals surface area contributed by atoms with E-state index in [1.165, 1.54) is 6.08 Å². The van der Waals surface area contributed by atoms with E-state index >= 15 is 0 Å². The first-order valence-electron chi connectivity index (χ1n) is 6.00. The highest BCUT2D eigenvalue weighted by Crippen LogP contribution is 2.26. The Bertz CT molecular complexity index is 413. The van der Waals surface area contributed by atoms with Crippen molar-refractivity contribution in [1.29, 1.82) is 0 Å². The summed E-state index contributed by atoms with van der Waals surface area (Å²) in [6.45, 7) is -1.59. The lowest BCUT2D eigenvalue weighted by atomic mass is 9.87. The molecule has 5 nitrogen and oxygen atoms in total. The van der Waals surface area contributed by atoms with Crippen LogP contribution in [-0.4, -0.2) is 54.3 Å². The van der Waals surface area contributed by atoms with Crippen LogP contribution in [0.3, 0.4) is 0 Å². The monoisotopic (exact) mass is 267 g/mol. The number of benzene rings is 1. The highest BCUT2D eigenvalue weighted by Gasteiger charge is 2.33. The maximum absolute atomic E-state index is 9.96. The molecule has 106 valence electrons. The summed E-state index contributed by atoms with van der Waals surface area (Å²) in [5.74, 6) is -0.238. The number of hydrogen-bond acceptors (Lipinski definition) is 5. The van der Waals surface area contributed by atoms with E-state index in [4.69, 9.17) is 0 Å². The van der Waals surface area contributed by atoms with E-state index in [9.17, 15) is 20.4 Å². The Balaban J connectivity index is 3.00. The van der Waals surface area contributed by atoms with Gasteiger partial charge >= 0.3 is 0 Å². The molecule has 0 aliphatic rings. The van der Waals surface area contributed by atoms with Crippen molar-refractivity contribution < 1.29 is 20.4 Å². The molecular weight excluding hydrogens is 246 g/mol. The van der Waals surface area contributed by atoms with E-state index in [0.29, 0.717) is 0 Å². The van der Waals surface area contributed by atoms with Crippen LogP contribution in [0.4, 0.5) is 5.69 Å². The Labute approximate surface area is 113 Å². The fraction of sp³-hybridized carbons (Fsp3) is 0.429. The molecule has 0 unspecified atom stereocenters. The first-order valence-corrected chi connectivity index (χ1v) is 6.00. The molecule has 0 heterocycles. The van der Waals surface area contributed by atoms with Gasteiger partial charge in [-0.1, -0.05) is 12.1 Å². The minimum absolute atomic E-state index is 0.238. The molecular formula is C14H21NO4. The Kier molecular flexibility index (Phi) is 5.35. The molecule has 0 aliphatic heterocycles. The van der Waals surface area contributed by atoms with Gasteiger partial charge in [0.1, 0.15) is 5.76 Å². The zero-order valence-electron chi connectivity index (χ0n) is 11.2. The lowest BCUT2D eigenvalue weighted by molar-refractivity contribution is 0.00640. The molecule has 1 rings (SSSR count). The number of aliphatic hydroxyl groups excluding tert-OH is 4. The Hall–Kier alpha value is -1.56. The van der Waals surface area contributed by atoms with Gasteiger partial charge < -0.3 is 25.3 Å². The zero-order chi connectivity index (χ0) is 14.5. The van der Waals surface area contributed by atoms with Crippen molar-refractivity contribution in [2.45, 2.75) is 0 Å². The minimum atomic E-state index is -1.40. The lowest BCUT2D eigenvalue weighted by Crippen LogP contribution is -2.36. The highest BCUT2D eigenvalue weighted by atomic mass is 16.3. The molecule has 4 N–H and O–H groups in total. The molecule has 1 aromatic rings. The third kappa shape index (κ3) is 3.47. The van der Waals surface area contributed by atoms with Crippen LogP contribution in [0.5, 0.6) is 0 Å². The van der Waals surface area contributed by atoms with Crippen LogP contribution < -0.4 is 4.90 Å². The van der Waals surface area contributed by atoms with E-state index in [2.05, 4.69) is 0 Å². The Morgan fingerprint density at radius 1 is 1.05 bits per heavy atom. The molecule has 0 radical (unpaired) electrons. The van der Waals surface area contributed by atoms with Gasteiger partial charge in [-0.2, -0.15) is 0 Å². The summed E-state index contributed by atoms with van der Waals surface area (Å²) in [5.41, 5.74) is 0.345. The second-order valence-corrected chi connectivity index (χ2v) is 4.77. The first-order chi connectivity index (χ1) is 8.99. The van der Waals surface area contributed by atoms with Crippen LogP contribution >= 0.6 is 0 Å². The molecule has 19 heavy (non-hydrogen) atoms. The minimum Gasteiger partial charge on any atom is -0.511 e. The van der Waals surface area contributed by atoms with Crippen molar-refractivity contribution in [3.8, 4) is 0 Å². The summed E-state index contributed by atoms with van der Waals surface area (Å²) < 4.78 is 0. The van der Waals surface area contributed by atoms with Gasteiger partial charge in [0.25, 0.3) is 0 Å². The van der Waals surface area contributed by atoms with Crippen molar-refractivity contribution in [2.75, 3.05) is 38.8 Å². The van der Waals surface area contributed by atoms with E-state index in [1.54, 1.807) is 0 Å². The number of hydrogen-bond donors (Lipinski definition) is 4. The van der Waals surface area contributed by atoms with E-state index < -0.39 is 25.2 Å². The second-order valence-electron chi connectivity index (χ2n) is 4.77. The zero-order valence-corrected chi connectivity index (χ0v) is 11.2. The van der Waals surface area contributed by atoms with E-state index in [0.717, 1.165) is 11.3 Å². The summed E-state index contributed by atoms with van der Waals surface area (Å²) in [4.78, 5) is 1.95. The Morgan fingerprint density at radius 3 is 1.89 bits per heavy atom. The maximum atomic E-state index is 9.96. The average molecular weight is 267 g/mol. The molecule has 0 aliphatic carbocycles. The van der Waals surface area contributed by atoms with Crippen LogP contribution in [0.15, 0.2) is 30.0 Å². The van der Waals surface area contributed by atoms with Crippen LogP contribution in [-0.2, 0) is 0 Å². The molecule has 0 atom stereocenters. The second kappa shape index (κ2) is 6.56. The fourth-order valence-corrected chi connectivity index (χ4v) is 1.57. The van der Waals surface area contributed by atoms with Gasteiger partial charge in [0.05, 0.1) is 25.2 Å². The van der Waals surface area contributed by atoms with Crippen molar-refractivity contribution in [1.82, 2.24) is 0 Å². The van der Waals surface area contributed by atoms with Crippen molar-refractivity contribution in [3.05, 3.63) is 35.6 Å². The van der Waals surface area contributed by atoms with Crippen LogP contribution in [0.1, 0.15) is 5.56 Å². The highest BCUT2D eigenvalue weighted by molar-refractivity contribution is 5.57. The third-order valence-electron chi connectivity index (χ3n) is 3.16. The number of nitrogens with zero attached hydrogens (tertiary/aromatic N) is 1. The Morgan fingerprint density at radius 2 is 1.53 bits per heavy atom.